The molecule has 0 fully saturated rings. The Balaban J connectivity index is 2.37. The number of nitrogens with two attached hydrogens (primary N) is 1. The van der Waals surface area contributed by atoms with Crippen LogP contribution >= 0.6 is 11.3 Å². The van der Waals surface area contributed by atoms with Crippen LogP contribution in [0.1, 0.15) is 41.6 Å². The van der Waals surface area contributed by atoms with Crippen molar-refractivity contribution in [3.05, 3.63) is 40.3 Å². The monoisotopic (exact) mass is 303 g/mol. The van der Waals surface area contributed by atoms with Gasteiger partial charge in [-0.2, -0.15) is 0 Å². The van der Waals surface area contributed by atoms with Crippen LogP contribution in [0.3, 0.4) is 0 Å². The lowest BCUT2D eigenvalue weighted by atomic mass is 10.1. The van der Waals surface area contributed by atoms with Crippen LogP contribution in [-0.4, -0.2) is 11.6 Å². The van der Waals surface area contributed by atoms with Gasteiger partial charge in [-0.15, -0.1) is 11.3 Å². The average Bonchev–Trinajstić information content (AvgIpc) is 2.68. The summed E-state index contributed by atoms with van der Waals surface area (Å²) < 4.78 is 5.39. The second-order valence-electron chi connectivity index (χ2n) is 6.27. The topological polar surface area (TPSA) is 52.3 Å². The van der Waals surface area contributed by atoms with Crippen molar-refractivity contribution in [2.45, 2.75) is 40.2 Å². The zero-order valence-electron chi connectivity index (χ0n) is 13.1. The molecule has 1 aromatic carbocycles. The normalized spacial score (nSPS) is 11.5. The fraction of sp³-hybridized carbons (Fsp3) is 0.353. The molecule has 4 heteroatoms. The van der Waals surface area contributed by atoms with Crippen LogP contribution in [0.2, 0.25) is 0 Å². The van der Waals surface area contributed by atoms with Crippen LogP contribution < -0.4 is 5.73 Å². The van der Waals surface area contributed by atoms with Crippen molar-refractivity contribution in [3.63, 3.8) is 0 Å². The van der Waals surface area contributed by atoms with E-state index in [4.69, 9.17) is 10.5 Å². The fourth-order valence-corrected chi connectivity index (χ4v) is 3.09. The number of thiophene rings is 1. The van der Waals surface area contributed by atoms with Crippen molar-refractivity contribution in [1.29, 1.82) is 0 Å². The molecule has 0 saturated heterocycles. The Morgan fingerprint density at radius 3 is 2.19 bits per heavy atom. The van der Waals surface area contributed by atoms with Gasteiger partial charge in [-0.05, 0) is 46.2 Å². The maximum absolute atomic E-state index is 12.2. The largest absolute Gasteiger partial charge is 0.456 e. The van der Waals surface area contributed by atoms with Crippen molar-refractivity contribution < 1.29 is 9.53 Å². The van der Waals surface area contributed by atoms with E-state index in [0.29, 0.717) is 10.6 Å². The molecule has 0 amide bonds. The number of ether oxygens (including phenoxy) is 1. The van der Waals surface area contributed by atoms with Crippen LogP contribution in [0.15, 0.2) is 24.3 Å². The number of hydrogen-bond acceptors (Lipinski definition) is 4. The lowest BCUT2D eigenvalue weighted by Gasteiger charge is -2.18. The molecule has 112 valence electrons. The third-order valence-corrected chi connectivity index (χ3v) is 4.03. The predicted octanol–water partition coefficient (Wildman–Crippen LogP) is 4.57. The number of anilines is 1. The molecule has 2 rings (SSSR count). The first kappa shape index (κ1) is 15.6. The van der Waals surface area contributed by atoms with E-state index in [1.165, 1.54) is 22.5 Å². The molecule has 3 nitrogen and oxygen atoms in total. The summed E-state index contributed by atoms with van der Waals surface area (Å²) in [5, 5.41) is 0. The van der Waals surface area contributed by atoms with Crippen molar-refractivity contribution in [2.75, 3.05) is 5.73 Å². The highest BCUT2D eigenvalue weighted by atomic mass is 32.1. The highest BCUT2D eigenvalue weighted by Gasteiger charge is 2.22. The SMILES string of the molecule is Cc1cc(C)cc(-c2cc(N)c(C(=O)OC(C)(C)C)s2)c1. The van der Waals surface area contributed by atoms with E-state index in [-0.39, 0.29) is 5.97 Å². The molecule has 2 N–H and O–H groups in total. The highest BCUT2D eigenvalue weighted by Crippen LogP contribution is 2.35. The third kappa shape index (κ3) is 3.85. The molecule has 21 heavy (non-hydrogen) atoms. The Kier molecular flexibility index (Phi) is 4.10. The number of hydrogen-bond donors (Lipinski definition) is 1. The minimum atomic E-state index is -0.520. The molecular formula is C17H21NO2S. The second kappa shape index (κ2) is 5.53. The van der Waals surface area contributed by atoms with Crippen molar-refractivity contribution >= 4 is 23.0 Å². The highest BCUT2D eigenvalue weighted by molar-refractivity contribution is 7.18. The van der Waals surface area contributed by atoms with Gasteiger partial charge in [0.2, 0.25) is 0 Å². The minimum absolute atomic E-state index is 0.361. The van der Waals surface area contributed by atoms with Gasteiger partial charge in [0, 0.05) is 4.88 Å². The summed E-state index contributed by atoms with van der Waals surface area (Å²) in [4.78, 5) is 13.6. The van der Waals surface area contributed by atoms with Gasteiger partial charge >= 0.3 is 5.97 Å². The van der Waals surface area contributed by atoms with Gasteiger partial charge in [-0.3, -0.25) is 0 Å². The Hall–Kier alpha value is -1.81. The standard InChI is InChI=1S/C17H21NO2S/c1-10-6-11(2)8-12(7-10)14-9-13(18)15(21-14)16(19)20-17(3,4)5/h6-9H,18H2,1-5H3. The quantitative estimate of drug-likeness (QED) is 0.827. The van der Waals surface area contributed by atoms with E-state index in [9.17, 15) is 4.79 Å². The first-order chi connectivity index (χ1) is 9.65. The van der Waals surface area contributed by atoms with E-state index >= 15 is 0 Å². The number of benzene rings is 1. The molecule has 0 spiro atoms. The summed E-state index contributed by atoms with van der Waals surface area (Å²) >= 11 is 1.38. The number of carbonyl (C=O) groups excluding carboxylic acids is 1. The van der Waals surface area contributed by atoms with Gasteiger partial charge in [0.05, 0.1) is 5.69 Å². The van der Waals surface area contributed by atoms with E-state index in [1.807, 2.05) is 26.8 Å². The van der Waals surface area contributed by atoms with Crippen LogP contribution in [-0.2, 0) is 4.74 Å². The number of nitrogen functional groups attached to an aromatic ring is 1. The fourth-order valence-electron chi connectivity index (χ4n) is 2.15. The molecule has 0 bridgehead atoms. The van der Waals surface area contributed by atoms with Crippen molar-refractivity contribution in [2.24, 2.45) is 0 Å². The second-order valence-corrected chi connectivity index (χ2v) is 7.33. The molecule has 0 radical (unpaired) electrons. The molecule has 0 saturated carbocycles. The molecule has 0 atom stereocenters. The van der Waals surface area contributed by atoms with Gasteiger partial charge in [0.25, 0.3) is 0 Å². The minimum Gasteiger partial charge on any atom is -0.456 e. The predicted molar refractivity (Wildman–Crippen MR) is 88.8 cm³/mol. The van der Waals surface area contributed by atoms with Gasteiger partial charge in [-0.1, -0.05) is 29.3 Å². The molecule has 0 unspecified atom stereocenters. The molecule has 0 aliphatic carbocycles. The van der Waals surface area contributed by atoms with Crippen molar-refractivity contribution in [1.82, 2.24) is 0 Å². The summed E-state index contributed by atoms with van der Waals surface area (Å²) in [6.07, 6.45) is 0. The Morgan fingerprint density at radius 2 is 1.67 bits per heavy atom. The maximum Gasteiger partial charge on any atom is 0.350 e. The Morgan fingerprint density at radius 1 is 1.10 bits per heavy atom. The van der Waals surface area contributed by atoms with Crippen LogP contribution in [0.5, 0.6) is 0 Å². The van der Waals surface area contributed by atoms with E-state index in [0.717, 1.165) is 10.4 Å². The summed E-state index contributed by atoms with van der Waals surface area (Å²) in [6, 6.07) is 8.15. The number of esters is 1. The molecule has 0 aliphatic rings. The van der Waals surface area contributed by atoms with Gasteiger partial charge in [0.15, 0.2) is 0 Å². The van der Waals surface area contributed by atoms with Crippen molar-refractivity contribution in [3.8, 4) is 10.4 Å². The van der Waals surface area contributed by atoms with E-state index in [1.54, 1.807) is 0 Å². The van der Waals surface area contributed by atoms with Gasteiger partial charge < -0.3 is 10.5 Å². The van der Waals surface area contributed by atoms with Gasteiger partial charge in [-0.25, -0.2) is 4.79 Å². The Labute approximate surface area is 129 Å². The molecule has 1 aromatic heterocycles. The first-order valence-corrected chi connectivity index (χ1v) is 7.69. The smallest absolute Gasteiger partial charge is 0.350 e. The number of carbonyl (C=O) groups is 1. The average molecular weight is 303 g/mol. The zero-order valence-corrected chi connectivity index (χ0v) is 13.9. The van der Waals surface area contributed by atoms with Crippen LogP contribution in [0.4, 0.5) is 5.69 Å². The lowest BCUT2D eigenvalue weighted by molar-refractivity contribution is 0.00764. The van der Waals surface area contributed by atoms with Crippen LogP contribution in [0, 0.1) is 13.8 Å². The van der Waals surface area contributed by atoms with E-state index < -0.39 is 5.60 Å². The first-order valence-electron chi connectivity index (χ1n) is 6.87. The number of rotatable bonds is 2. The summed E-state index contributed by atoms with van der Waals surface area (Å²) in [5.41, 5.74) is 9.40. The maximum atomic E-state index is 12.2. The Bertz CT molecular complexity index is 660. The molecule has 0 aliphatic heterocycles. The zero-order chi connectivity index (χ0) is 15.8. The molecular weight excluding hydrogens is 282 g/mol. The summed E-state index contributed by atoms with van der Waals surface area (Å²) in [5.74, 6) is -0.361. The molecule has 2 aromatic rings. The molecule has 1 heterocycles. The van der Waals surface area contributed by atoms with Gasteiger partial charge in [0.1, 0.15) is 10.5 Å². The summed E-state index contributed by atoms with van der Waals surface area (Å²) in [6.45, 7) is 9.66. The lowest BCUT2D eigenvalue weighted by Crippen LogP contribution is -2.23. The number of aryl methyl sites for hydroxylation is 2. The van der Waals surface area contributed by atoms with Crippen LogP contribution in [0.25, 0.3) is 10.4 Å². The third-order valence-electron chi connectivity index (χ3n) is 2.85. The van der Waals surface area contributed by atoms with E-state index in [2.05, 4.69) is 32.0 Å². The summed E-state index contributed by atoms with van der Waals surface area (Å²) in [7, 11) is 0.